The highest BCUT2D eigenvalue weighted by Gasteiger charge is 2.36. The van der Waals surface area contributed by atoms with Crippen LogP contribution in [0.4, 0.5) is 10.7 Å². The highest BCUT2D eigenvalue weighted by Crippen LogP contribution is 2.44. The van der Waals surface area contributed by atoms with E-state index in [0.717, 1.165) is 37.1 Å². The molecule has 0 radical (unpaired) electrons. The predicted molar refractivity (Wildman–Crippen MR) is 136 cm³/mol. The van der Waals surface area contributed by atoms with Crippen molar-refractivity contribution in [3.8, 4) is 11.1 Å². The third kappa shape index (κ3) is 5.88. The summed E-state index contributed by atoms with van der Waals surface area (Å²) in [5.74, 6) is 0.777. The summed E-state index contributed by atoms with van der Waals surface area (Å²) in [5.41, 5.74) is 9.11. The Morgan fingerprint density at radius 2 is 2.15 bits per heavy atom. The summed E-state index contributed by atoms with van der Waals surface area (Å²) in [6.07, 6.45) is 9.74. The third-order valence-corrected chi connectivity index (χ3v) is 8.08. The van der Waals surface area contributed by atoms with E-state index in [0.29, 0.717) is 18.5 Å². The molecule has 9 heteroatoms. The first-order valence-electron chi connectivity index (χ1n) is 12.2. The Hall–Kier alpha value is -2.65. The summed E-state index contributed by atoms with van der Waals surface area (Å²) in [7, 11) is 1.38. The Morgan fingerprint density at radius 3 is 2.79 bits per heavy atom. The molecule has 2 fully saturated rings. The van der Waals surface area contributed by atoms with Gasteiger partial charge in [-0.3, -0.25) is 0 Å². The summed E-state index contributed by atoms with van der Waals surface area (Å²) in [5, 5.41) is 6.31. The molecule has 2 atom stereocenters. The fourth-order valence-electron chi connectivity index (χ4n) is 4.71. The minimum Gasteiger partial charge on any atom is -0.453 e. The van der Waals surface area contributed by atoms with Gasteiger partial charge < -0.3 is 26.0 Å². The fourth-order valence-corrected chi connectivity index (χ4v) is 5.99. The summed E-state index contributed by atoms with van der Waals surface area (Å²) in [6, 6.07) is 3.12. The van der Waals surface area contributed by atoms with Gasteiger partial charge in [-0.1, -0.05) is 6.58 Å². The van der Waals surface area contributed by atoms with Gasteiger partial charge in [-0.05, 0) is 63.6 Å². The van der Waals surface area contributed by atoms with Gasteiger partial charge in [0.05, 0.1) is 13.2 Å². The topological polar surface area (TPSA) is 105 Å². The molecule has 8 nitrogen and oxygen atoms in total. The van der Waals surface area contributed by atoms with Crippen molar-refractivity contribution in [1.82, 2.24) is 25.5 Å². The smallest absolute Gasteiger partial charge is 0.406 e. The Balaban J connectivity index is 1.56. The van der Waals surface area contributed by atoms with Crippen molar-refractivity contribution in [3.05, 3.63) is 40.5 Å². The Morgan fingerprint density at radius 1 is 1.38 bits per heavy atom. The zero-order valence-corrected chi connectivity index (χ0v) is 21.0. The lowest BCUT2D eigenvalue weighted by Crippen LogP contribution is -2.38. The molecule has 1 aliphatic heterocycles. The van der Waals surface area contributed by atoms with Crippen molar-refractivity contribution in [3.63, 3.8) is 0 Å². The number of anilines is 1. The van der Waals surface area contributed by atoms with E-state index in [2.05, 4.69) is 49.8 Å². The van der Waals surface area contributed by atoms with Crippen molar-refractivity contribution in [2.24, 2.45) is 5.92 Å². The standard InChI is InChI=1S/C25H36N6O2S/c1-16(18-6-4-10-27-13-18)31(20-8-9-20)17(2)23-12-21(19-14-29-24(26)30-15-19)22(34-23)7-5-11-28-25(32)33-3/h12,14-15,17-18,20,27H,1,4-11,13H2,2-3H3,(H,28,32)(H2,26,29,30)/t17-,18?/m1/s1. The minimum absolute atomic E-state index is 0.252. The molecular weight excluding hydrogens is 448 g/mol. The lowest BCUT2D eigenvalue weighted by molar-refractivity contribution is 0.171. The van der Waals surface area contributed by atoms with Gasteiger partial charge in [0.1, 0.15) is 0 Å². The summed E-state index contributed by atoms with van der Waals surface area (Å²) >= 11 is 1.84. The number of aryl methyl sites for hydroxylation is 1. The van der Waals surface area contributed by atoms with Crippen LogP contribution in [0.3, 0.4) is 0 Å². The number of nitrogens with zero attached hydrogens (tertiary/aromatic N) is 3. The molecule has 184 valence electrons. The second kappa shape index (κ2) is 11.2. The number of thiophene rings is 1. The number of methoxy groups -OCH3 is 1. The molecule has 4 rings (SSSR count). The SMILES string of the molecule is C=C(C1CCCNC1)N(C1CC1)[C@H](C)c1cc(-c2cnc(N)nc2)c(CCCNC(=O)OC)s1. The average molecular weight is 485 g/mol. The summed E-state index contributed by atoms with van der Waals surface area (Å²) in [4.78, 5) is 25.0. The third-order valence-electron chi connectivity index (χ3n) is 6.72. The maximum atomic E-state index is 11.4. The number of alkyl carbamates (subject to hydrolysis) is 1. The van der Waals surface area contributed by atoms with Crippen LogP contribution < -0.4 is 16.4 Å². The number of hydrogen-bond acceptors (Lipinski definition) is 8. The monoisotopic (exact) mass is 484 g/mol. The van der Waals surface area contributed by atoms with Gasteiger partial charge in [0, 0.05) is 58.5 Å². The molecule has 1 saturated carbocycles. The van der Waals surface area contributed by atoms with Gasteiger partial charge in [-0.2, -0.15) is 0 Å². The number of nitrogen functional groups attached to an aromatic ring is 1. The van der Waals surface area contributed by atoms with Crippen LogP contribution in [0.5, 0.6) is 0 Å². The van der Waals surface area contributed by atoms with Crippen molar-refractivity contribution in [1.29, 1.82) is 0 Å². The zero-order chi connectivity index (χ0) is 24.1. The first-order chi connectivity index (χ1) is 16.5. The van der Waals surface area contributed by atoms with E-state index in [4.69, 9.17) is 5.73 Å². The molecular formula is C25H36N6O2S. The predicted octanol–water partition coefficient (Wildman–Crippen LogP) is 4.11. The number of aromatic nitrogens is 2. The number of hydrogen-bond donors (Lipinski definition) is 3. The number of rotatable bonds is 10. The number of piperidine rings is 1. The van der Waals surface area contributed by atoms with Gasteiger partial charge in [-0.15, -0.1) is 11.3 Å². The van der Waals surface area contributed by atoms with E-state index < -0.39 is 6.09 Å². The molecule has 0 spiro atoms. The molecule has 2 aliphatic rings. The van der Waals surface area contributed by atoms with Gasteiger partial charge in [0.15, 0.2) is 0 Å². The molecule has 34 heavy (non-hydrogen) atoms. The number of carbonyl (C=O) groups is 1. The lowest BCUT2D eigenvalue weighted by Gasteiger charge is -2.38. The Kier molecular flexibility index (Phi) is 8.05. The largest absolute Gasteiger partial charge is 0.453 e. The number of nitrogens with two attached hydrogens (primary N) is 1. The first kappa shape index (κ1) is 24.5. The van der Waals surface area contributed by atoms with Crippen LogP contribution in [0.25, 0.3) is 11.1 Å². The fraction of sp³-hybridized carbons (Fsp3) is 0.560. The van der Waals surface area contributed by atoms with Crippen molar-refractivity contribution in [2.45, 2.75) is 57.5 Å². The molecule has 2 aromatic rings. The summed E-state index contributed by atoms with van der Waals surface area (Å²) < 4.78 is 4.68. The van der Waals surface area contributed by atoms with Gasteiger partial charge in [-0.25, -0.2) is 14.8 Å². The second-order valence-electron chi connectivity index (χ2n) is 9.19. The molecule has 0 bridgehead atoms. The van der Waals surface area contributed by atoms with E-state index in [-0.39, 0.29) is 12.0 Å². The maximum Gasteiger partial charge on any atom is 0.406 e. The molecule has 1 aliphatic carbocycles. The summed E-state index contributed by atoms with van der Waals surface area (Å²) in [6.45, 7) is 9.56. The minimum atomic E-state index is -0.400. The Labute approximate surface area is 206 Å². The number of nitrogens with one attached hydrogen (secondary N) is 2. The highest BCUT2D eigenvalue weighted by molar-refractivity contribution is 7.12. The normalized spacial score (nSPS) is 18.8. The van der Waals surface area contributed by atoms with Gasteiger partial charge in [0.2, 0.25) is 5.95 Å². The van der Waals surface area contributed by atoms with Crippen LogP contribution in [-0.2, 0) is 11.2 Å². The van der Waals surface area contributed by atoms with E-state index in [1.54, 1.807) is 12.4 Å². The molecule has 2 aromatic heterocycles. The average Bonchev–Trinajstić information content (AvgIpc) is 3.60. The van der Waals surface area contributed by atoms with Crippen molar-refractivity contribution in [2.75, 3.05) is 32.5 Å². The van der Waals surface area contributed by atoms with Crippen LogP contribution in [0.2, 0.25) is 0 Å². The van der Waals surface area contributed by atoms with E-state index >= 15 is 0 Å². The number of carbonyl (C=O) groups excluding carboxylic acids is 1. The van der Waals surface area contributed by atoms with Crippen LogP contribution >= 0.6 is 11.3 Å². The molecule has 1 unspecified atom stereocenters. The molecule has 0 aromatic carbocycles. The van der Waals surface area contributed by atoms with E-state index in [1.807, 2.05) is 11.3 Å². The van der Waals surface area contributed by atoms with Crippen LogP contribution in [0.15, 0.2) is 30.7 Å². The van der Waals surface area contributed by atoms with E-state index in [9.17, 15) is 4.79 Å². The van der Waals surface area contributed by atoms with Crippen molar-refractivity contribution < 1.29 is 9.53 Å². The second-order valence-corrected chi connectivity index (χ2v) is 10.4. The van der Waals surface area contributed by atoms with Crippen LogP contribution in [0, 0.1) is 5.92 Å². The number of amides is 1. The zero-order valence-electron chi connectivity index (χ0n) is 20.2. The van der Waals surface area contributed by atoms with Gasteiger partial charge >= 0.3 is 6.09 Å². The van der Waals surface area contributed by atoms with Gasteiger partial charge in [0.25, 0.3) is 0 Å². The molecule has 3 heterocycles. The molecule has 1 amide bonds. The molecule has 4 N–H and O–H groups in total. The van der Waals surface area contributed by atoms with E-state index in [1.165, 1.54) is 48.2 Å². The van der Waals surface area contributed by atoms with Crippen LogP contribution in [-0.4, -0.2) is 53.7 Å². The number of ether oxygens (including phenoxy) is 1. The first-order valence-corrected chi connectivity index (χ1v) is 13.0. The molecule has 1 saturated heterocycles. The van der Waals surface area contributed by atoms with Crippen molar-refractivity contribution >= 4 is 23.4 Å². The highest BCUT2D eigenvalue weighted by atomic mass is 32.1. The van der Waals surface area contributed by atoms with Crippen LogP contribution in [0.1, 0.15) is 54.8 Å². The maximum absolute atomic E-state index is 11.4. The Bertz CT molecular complexity index is 982. The lowest BCUT2D eigenvalue weighted by atomic mass is 9.94. The quantitative estimate of drug-likeness (QED) is 0.436.